The van der Waals surface area contributed by atoms with E-state index in [9.17, 15) is 0 Å². The molecule has 0 N–H and O–H groups in total. The maximum atomic E-state index is 3.85. The van der Waals surface area contributed by atoms with Crippen molar-refractivity contribution in [3.63, 3.8) is 0 Å². The molecular weight excluding hydrogens is 230 g/mol. The van der Waals surface area contributed by atoms with Crippen molar-refractivity contribution in [3.8, 4) is 0 Å². The van der Waals surface area contributed by atoms with Gasteiger partial charge in [0.15, 0.2) is 0 Å². The van der Waals surface area contributed by atoms with Crippen LogP contribution in [0.3, 0.4) is 0 Å². The summed E-state index contributed by atoms with van der Waals surface area (Å²) in [7, 11) is 0. The molecular formula is C18H37N. The number of rotatable bonds is 15. The molecule has 0 heterocycles. The zero-order chi connectivity index (χ0) is 14.2. The first-order valence-corrected chi connectivity index (χ1v) is 8.68. The van der Waals surface area contributed by atoms with Crippen LogP contribution in [0.2, 0.25) is 0 Å². The van der Waals surface area contributed by atoms with Crippen molar-refractivity contribution in [3.05, 3.63) is 12.7 Å². The number of hydrogen-bond acceptors (Lipinski definition) is 1. The molecule has 0 fully saturated rings. The van der Waals surface area contributed by atoms with E-state index in [0.717, 1.165) is 6.42 Å². The molecule has 0 rings (SSSR count). The molecule has 0 spiro atoms. The number of unbranched alkanes of at least 4 members (excludes halogenated alkanes) is 8. The van der Waals surface area contributed by atoms with E-state index in [-0.39, 0.29) is 0 Å². The SMILES string of the molecule is C=CCCN(CCCCCCC)CCCCCCC. The Bertz CT molecular complexity index is 163. The minimum absolute atomic E-state index is 1.14. The van der Waals surface area contributed by atoms with Gasteiger partial charge in [0.25, 0.3) is 0 Å². The molecule has 0 atom stereocenters. The summed E-state index contributed by atoms with van der Waals surface area (Å²) in [5, 5.41) is 0. The van der Waals surface area contributed by atoms with Gasteiger partial charge in [-0.2, -0.15) is 0 Å². The summed E-state index contributed by atoms with van der Waals surface area (Å²) in [6, 6.07) is 0. The molecule has 0 unspecified atom stereocenters. The fourth-order valence-corrected chi connectivity index (χ4v) is 2.49. The van der Waals surface area contributed by atoms with Crippen LogP contribution in [0.1, 0.15) is 84.5 Å². The lowest BCUT2D eigenvalue weighted by Crippen LogP contribution is -2.27. The molecule has 0 aromatic rings. The van der Waals surface area contributed by atoms with E-state index in [2.05, 4.69) is 31.4 Å². The molecule has 0 bridgehead atoms. The first-order valence-electron chi connectivity index (χ1n) is 8.68. The largest absolute Gasteiger partial charge is 0.303 e. The molecule has 0 radical (unpaired) electrons. The molecule has 19 heavy (non-hydrogen) atoms. The first kappa shape index (κ1) is 18.7. The van der Waals surface area contributed by atoms with Gasteiger partial charge in [0, 0.05) is 6.54 Å². The third kappa shape index (κ3) is 13.9. The van der Waals surface area contributed by atoms with Crippen molar-refractivity contribution in [2.45, 2.75) is 84.5 Å². The van der Waals surface area contributed by atoms with Crippen LogP contribution in [0.4, 0.5) is 0 Å². The molecule has 1 nitrogen and oxygen atoms in total. The van der Waals surface area contributed by atoms with Gasteiger partial charge in [-0.15, -0.1) is 6.58 Å². The molecule has 1 heteroatoms. The first-order chi connectivity index (χ1) is 9.35. The van der Waals surface area contributed by atoms with Crippen molar-refractivity contribution >= 4 is 0 Å². The summed E-state index contributed by atoms with van der Waals surface area (Å²) in [5.41, 5.74) is 0. The Morgan fingerprint density at radius 2 is 1.16 bits per heavy atom. The molecule has 0 aromatic heterocycles. The standard InChI is InChI=1S/C18H37N/c1-4-7-10-12-14-17-19(16-9-6-3)18-15-13-11-8-5-2/h6H,3-5,7-18H2,1-2H3. The van der Waals surface area contributed by atoms with Gasteiger partial charge in [0.05, 0.1) is 0 Å². The zero-order valence-corrected chi connectivity index (χ0v) is 13.6. The van der Waals surface area contributed by atoms with Crippen LogP contribution >= 0.6 is 0 Å². The highest BCUT2D eigenvalue weighted by Gasteiger charge is 2.03. The van der Waals surface area contributed by atoms with Gasteiger partial charge in [-0.25, -0.2) is 0 Å². The van der Waals surface area contributed by atoms with Gasteiger partial charge in [-0.05, 0) is 32.4 Å². The van der Waals surface area contributed by atoms with Crippen molar-refractivity contribution in [1.29, 1.82) is 0 Å². The van der Waals surface area contributed by atoms with E-state index in [0.29, 0.717) is 0 Å². The Morgan fingerprint density at radius 1 is 0.684 bits per heavy atom. The Labute approximate surface area is 122 Å². The molecule has 114 valence electrons. The Kier molecular flexibility index (Phi) is 15.5. The maximum absolute atomic E-state index is 3.85. The van der Waals surface area contributed by atoms with Gasteiger partial charge < -0.3 is 4.90 Å². The average molecular weight is 268 g/mol. The predicted molar refractivity (Wildman–Crippen MR) is 88.8 cm³/mol. The van der Waals surface area contributed by atoms with E-state index in [1.54, 1.807) is 0 Å². The summed E-state index contributed by atoms with van der Waals surface area (Å²) >= 11 is 0. The van der Waals surface area contributed by atoms with E-state index < -0.39 is 0 Å². The van der Waals surface area contributed by atoms with Gasteiger partial charge in [-0.3, -0.25) is 0 Å². The summed E-state index contributed by atoms with van der Waals surface area (Å²) in [6.07, 6.45) is 17.1. The Morgan fingerprint density at radius 3 is 1.58 bits per heavy atom. The molecule has 0 saturated carbocycles. The quantitative estimate of drug-likeness (QED) is 0.267. The van der Waals surface area contributed by atoms with Crippen LogP contribution in [-0.4, -0.2) is 24.5 Å². The molecule has 0 aliphatic heterocycles. The van der Waals surface area contributed by atoms with Crippen LogP contribution in [0.15, 0.2) is 12.7 Å². The smallest absolute Gasteiger partial charge is 0.00158 e. The van der Waals surface area contributed by atoms with Crippen molar-refractivity contribution in [1.82, 2.24) is 4.90 Å². The van der Waals surface area contributed by atoms with E-state index in [4.69, 9.17) is 0 Å². The third-order valence-corrected chi connectivity index (χ3v) is 3.81. The van der Waals surface area contributed by atoms with E-state index in [1.807, 2.05) is 0 Å². The van der Waals surface area contributed by atoms with Gasteiger partial charge in [-0.1, -0.05) is 71.3 Å². The molecule has 0 amide bonds. The van der Waals surface area contributed by atoms with Crippen molar-refractivity contribution in [2.24, 2.45) is 0 Å². The summed E-state index contributed by atoms with van der Waals surface area (Å²) in [6.45, 7) is 12.2. The van der Waals surface area contributed by atoms with Crippen molar-refractivity contribution < 1.29 is 0 Å². The number of hydrogen-bond donors (Lipinski definition) is 0. The zero-order valence-electron chi connectivity index (χ0n) is 13.6. The average Bonchev–Trinajstić information content (AvgIpc) is 2.43. The highest BCUT2D eigenvalue weighted by molar-refractivity contribution is 4.70. The fraction of sp³-hybridized carbons (Fsp3) is 0.889. The monoisotopic (exact) mass is 267 g/mol. The van der Waals surface area contributed by atoms with Crippen LogP contribution in [0.25, 0.3) is 0 Å². The molecule has 0 saturated heterocycles. The van der Waals surface area contributed by atoms with Gasteiger partial charge in [0.2, 0.25) is 0 Å². The topological polar surface area (TPSA) is 3.24 Å². The van der Waals surface area contributed by atoms with Gasteiger partial charge in [0.1, 0.15) is 0 Å². The summed E-state index contributed by atoms with van der Waals surface area (Å²) < 4.78 is 0. The lowest BCUT2D eigenvalue weighted by atomic mass is 10.1. The molecule has 0 aliphatic rings. The highest BCUT2D eigenvalue weighted by atomic mass is 15.1. The second-order valence-electron chi connectivity index (χ2n) is 5.75. The van der Waals surface area contributed by atoms with E-state index in [1.165, 1.54) is 83.8 Å². The lowest BCUT2D eigenvalue weighted by Gasteiger charge is -2.21. The normalized spacial score (nSPS) is 11.1. The van der Waals surface area contributed by atoms with Crippen LogP contribution in [0, 0.1) is 0 Å². The summed E-state index contributed by atoms with van der Waals surface area (Å²) in [5.74, 6) is 0. The molecule has 0 aliphatic carbocycles. The second kappa shape index (κ2) is 15.8. The second-order valence-corrected chi connectivity index (χ2v) is 5.75. The highest BCUT2D eigenvalue weighted by Crippen LogP contribution is 2.07. The number of nitrogens with zero attached hydrogens (tertiary/aromatic N) is 1. The van der Waals surface area contributed by atoms with Crippen LogP contribution < -0.4 is 0 Å². The predicted octanol–water partition coefficient (Wildman–Crippen LogP) is 5.81. The maximum Gasteiger partial charge on any atom is 0.00158 e. The fourth-order valence-electron chi connectivity index (χ4n) is 2.49. The minimum atomic E-state index is 1.14. The van der Waals surface area contributed by atoms with Crippen LogP contribution in [-0.2, 0) is 0 Å². The van der Waals surface area contributed by atoms with Crippen LogP contribution in [0.5, 0.6) is 0 Å². The Balaban J connectivity index is 3.59. The minimum Gasteiger partial charge on any atom is -0.303 e. The third-order valence-electron chi connectivity index (χ3n) is 3.81. The van der Waals surface area contributed by atoms with E-state index >= 15 is 0 Å². The molecule has 0 aromatic carbocycles. The van der Waals surface area contributed by atoms with Crippen molar-refractivity contribution in [2.75, 3.05) is 19.6 Å². The lowest BCUT2D eigenvalue weighted by molar-refractivity contribution is 0.265. The Hall–Kier alpha value is -0.300. The summed E-state index contributed by atoms with van der Waals surface area (Å²) in [4.78, 5) is 2.65. The van der Waals surface area contributed by atoms with Gasteiger partial charge >= 0.3 is 0 Å².